The molecule has 0 radical (unpaired) electrons. The van der Waals surface area contributed by atoms with Crippen LogP contribution < -0.4 is 9.47 Å². The predicted molar refractivity (Wildman–Crippen MR) is 81.1 cm³/mol. The highest BCUT2D eigenvalue weighted by Gasteiger charge is 2.23. The third kappa shape index (κ3) is 3.14. The Balaban J connectivity index is 2.48. The van der Waals surface area contributed by atoms with Crippen molar-refractivity contribution >= 4 is 11.6 Å². The third-order valence-electron chi connectivity index (χ3n) is 3.26. The minimum Gasteiger partial charge on any atom is -0.497 e. The molecule has 1 aromatic heterocycles. The quantitative estimate of drug-likeness (QED) is 0.891. The van der Waals surface area contributed by atoms with Crippen LogP contribution in [0.1, 0.15) is 30.7 Å². The lowest BCUT2D eigenvalue weighted by molar-refractivity contribution is 0.202. The van der Waals surface area contributed by atoms with E-state index >= 15 is 0 Å². The molecule has 0 aliphatic rings. The Morgan fingerprint density at radius 2 is 2.10 bits per heavy atom. The van der Waals surface area contributed by atoms with Crippen LogP contribution in [-0.2, 0) is 6.54 Å². The molecule has 21 heavy (non-hydrogen) atoms. The van der Waals surface area contributed by atoms with Gasteiger partial charge >= 0.3 is 0 Å². The molecule has 1 atom stereocenters. The summed E-state index contributed by atoms with van der Waals surface area (Å²) in [6, 6.07) is 5.27. The molecule has 0 saturated carbocycles. The van der Waals surface area contributed by atoms with E-state index in [-0.39, 0.29) is 0 Å². The largest absolute Gasteiger partial charge is 0.497 e. The van der Waals surface area contributed by atoms with Crippen LogP contribution in [0.5, 0.6) is 11.5 Å². The lowest BCUT2D eigenvalue weighted by atomic mass is 10.0. The molecule has 114 valence electrons. The minimum atomic E-state index is -0.934. The molecule has 1 heterocycles. The maximum atomic E-state index is 10.7. The van der Waals surface area contributed by atoms with E-state index in [4.69, 9.17) is 21.1 Å². The summed E-state index contributed by atoms with van der Waals surface area (Å²) in [6.45, 7) is 2.73. The van der Waals surface area contributed by atoms with Crippen LogP contribution in [0.15, 0.2) is 24.4 Å². The van der Waals surface area contributed by atoms with Gasteiger partial charge in [0.1, 0.15) is 17.6 Å². The van der Waals surface area contributed by atoms with Crippen LogP contribution in [0.2, 0.25) is 5.02 Å². The van der Waals surface area contributed by atoms with Crippen molar-refractivity contribution in [1.29, 1.82) is 0 Å². The molecule has 0 aliphatic carbocycles. The fourth-order valence-corrected chi connectivity index (χ4v) is 2.48. The number of methoxy groups -OCH3 is 2. The fourth-order valence-electron chi connectivity index (χ4n) is 2.23. The predicted octanol–water partition coefficient (Wildman–Crippen LogP) is 3.05. The molecular formula is C15H19ClN2O3. The van der Waals surface area contributed by atoms with E-state index in [0.29, 0.717) is 34.3 Å². The molecule has 2 rings (SSSR count). The second kappa shape index (κ2) is 6.83. The molecule has 0 fully saturated rings. The second-order valence-electron chi connectivity index (χ2n) is 4.61. The maximum Gasteiger partial charge on any atom is 0.126 e. The Bertz CT molecular complexity index is 613. The number of halogens is 1. The smallest absolute Gasteiger partial charge is 0.126 e. The number of rotatable bonds is 6. The van der Waals surface area contributed by atoms with E-state index in [0.717, 1.165) is 6.42 Å². The van der Waals surface area contributed by atoms with Gasteiger partial charge in [-0.1, -0.05) is 18.5 Å². The van der Waals surface area contributed by atoms with E-state index in [1.807, 2.05) is 6.92 Å². The summed E-state index contributed by atoms with van der Waals surface area (Å²) < 4.78 is 12.2. The van der Waals surface area contributed by atoms with Gasteiger partial charge in [-0.15, -0.1) is 0 Å². The van der Waals surface area contributed by atoms with Crippen LogP contribution in [0.3, 0.4) is 0 Å². The number of nitrogens with zero attached hydrogens (tertiary/aromatic N) is 2. The van der Waals surface area contributed by atoms with Crippen molar-refractivity contribution in [2.45, 2.75) is 26.0 Å². The van der Waals surface area contributed by atoms with E-state index < -0.39 is 6.10 Å². The SMILES string of the molecule is CCCn1ncc(Cl)c1C(O)c1cc(OC)ccc1OC. The molecule has 0 saturated heterocycles. The van der Waals surface area contributed by atoms with Crippen LogP contribution in [0.4, 0.5) is 0 Å². The molecule has 2 aromatic rings. The van der Waals surface area contributed by atoms with E-state index in [1.165, 1.54) is 0 Å². The van der Waals surface area contributed by atoms with E-state index in [1.54, 1.807) is 43.3 Å². The van der Waals surface area contributed by atoms with Gasteiger partial charge in [-0.05, 0) is 24.6 Å². The summed E-state index contributed by atoms with van der Waals surface area (Å²) in [6.07, 6.45) is 1.51. The summed E-state index contributed by atoms with van der Waals surface area (Å²) in [4.78, 5) is 0. The van der Waals surface area contributed by atoms with Crippen molar-refractivity contribution in [3.63, 3.8) is 0 Å². The average molecular weight is 311 g/mol. The fraction of sp³-hybridized carbons (Fsp3) is 0.400. The maximum absolute atomic E-state index is 10.7. The Labute approximate surface area is 129 Å². The lowest BCUT2D eigenvalue weighted by Crippen LogP contribution is -2.11. The summed E-state index contributed by atoms with van der Waals surface area (Å²) >= 11 is 6.18. The third-order valence-corrected chi connectivity index (χ3v) is 3.55. The summed E-state index contributed by atoms with van der Waals surface area (Å²) in [5, 5.41) is 15.4. The zero-order chi connectivity index (χ0) is 15.4. The number of aliphatic hydroxyl groups excluding tert-OH is 1. The first-order valence-electron chi connectivity index (χ1n) is 6.73. The van der Waals surface area contributed by atoms with Gasteiger partial charge in [0, 0.05) is 12.1 Å². The van der Waals surface area contributed by atoms with Crippen LogP contribution >= 0.6 is 11.6 Å². The van der Waals surface area contributed by atoms with E-state index in [2.05, 4.69) is 5.10 Å². The van der Waals surface area contributed by atoms with Gasteiger partial charge in [-0.25, -0.2) is 0 Å². The number of benzene rings is 1. The first-order valence-corrected chi connectivity index (χ1v) is 7.11. The van der Waals surface area contributed by atoms with Crippen molar-refractivity contribution in [2.24, 2.45) is 0 Å². The Morgan fingerprint density at radius 3 is 2.71 bits per heavy atom. The van der Waals surface area contributed by atoms with Crippen molar-refractivity contribution in [3.8, 4) is 11.5 Å². The summed E-state index contributed by atoms with van der Waals surface area (Å²) in [7, 11) is 3.13. The Hall–Kier alpha value is -1.72. The molecule has 1 aromatic carbocycles. The molecule has 0 aliphatic heterocycles. The average Bonchev–Trinajstić information content (AvgIpc) is 2.87. The molecule has 6 heteroatoms. The normalized spacial score (nSPS) is 12.2. The van der Waals surface area contributed by atoms with E-state index in [9.17, 15) is 5.11 Å². The van der Waals surface area contributed by atoms with Gasteiger partial charge < -0.3 is 14.6 Å². The molecule has 0 bridgehead atoms. The number of hydrogen-bond donors (Lipinski definition) is 1. The van der Waals surface area contributed by atoms with Gasteiger partial charge in [0.05, 0.1) is 31.1 Å². The number of aromatic nitrogens is 2. The molecule has 0 spiro atoms. The molecule has 1 unspecified atom stereocenters. The second-order valence-corrected chi connectivity index (χ2v) is 5.02. The van der Waals surface area contributed by atoms with Gasteiger partial charge in [0.15, 0.2) is 0 Å². The molecule has 0 amide bonds. The zero-order valence-corrected chi connectivity index (χ0v) is 13.1. The number of aryl methyl sites for hydroxylation is 1. The Kier molecular flexibility index (Phi) is 5.09. The molecule has 5 nitrogen and oxygen atoms in total. The van der Waals surface area contributed by atoms with Crippen LogP contribution in [0, 0.1) is 0 Å². The van der Waals surface area contributed by atoms with Gasteiger partial charge in [0.2, 0.25) is 0 Å². The highest BCUT2D eigenvalue weighted by molar-refractivity contribution is 6.31. The lowest BCUT2D eigenvalue weighted by Gasteiger charge is -2.17. The number of aliphatic hydroxyl groups is 1. The number of ether oxygens (including phenoxy) is 2. The molecule has 1 N–H and O–H groups in total. The first-order chi connectivity index (χ1) is 10.1. The minimum absolute atomic E-state index is 0.431. The van der Waals surface area contributed by atoms with Crippen molar-refractivity contribution in [2.75, 3.05) is 14.2 Å². The summed E-state index contributed by atoms with van der Waals surface area (Å²) in [5.41, 5.74) is 1.15. The van der Waals surface area contributed by atoms with Gasteiger partial charge in [-0.3, -0.25) is 4.68 Å². The highest BCUT2D eigenvalue weighted by atomic mass is 35.5. The first kappa shape index (κ1) is 15.7. The molecular weight excluding hydrogens is 292 g/mol. The van der Waals surface area contributed by atoms with Crippen molar-refractivity contribution in [1.82, 2.24) is 9.78 Å². The van der Waals surface area contributed by atoms with Crippen molar-refractivity contribution in [3.05, 3.63) is 40.7 Å². The Morgan fingerprint density at radius 1 is 1.33 bits per heavy atom. The standard InChI is InChI=1S/C15H19ClN2O3/c1-4-7-18-14(12(16)9-17-18)15(19)11-8-10(20-2)5-6-13(11)21-3/h5-6,8-9,15,19H,4,7H2,1-3H3. The van der Waals surface area contributed by atoms with Gasteiger partial charge in [-0.2, -0.15) is 5.10 Å². The van der Waals surface area contributed by atoms with Crippen molar-refractivity contribution < 1.29 is 14.6 Å². The van der Waals surface area contributed by atoms with Crippen LogP contribution in [0.25, 0.3) is 0 Å². The number of hydrogen-bond acceptors (Lipinski definition) is 4. The summed E-state index contributed by atoms with van der Waals surface area (Å²) in [5.74, 6) is 1.21. The topological polar surface area (TPSA) is 56.5 Å². The zero-order valence-electron chi connectivity index (χ0n) is 12.3. The monoisotopic (exact) mass is 310 g/mol. The van der Waals surface area contributed by atoms with Gasteiger partial charge in [0.25, 0.3) is 0 Å². The highest BCUT2D eigenvalue weighted by Crippen LogP contribution is 2.35. The van der Waals surface area contributed by atoms with Crippen LogP contribution in [-0.4, -0.2) is 29.1 Å².